The zero-order valence-corrected chi connectivity index (χ0v) is 23.5. The Bertz CT molecular complexity index is 590. The molecule has 1 aliphatic heterocycles. The van der Waals surface area contributed by atoms with Crippen LogP contribution in [0.5, 0.6) is 0 Å². The van der Waals surface area contributed by atoms with Crippen LogP contribution in [0.2, 0.25) is 0 Å². The van der Waals surface area contributed by atoms with Gasteiger partial charge in [-0.05, 0) is 67.6 Å². The molecule has 0 amide bonds. The Hall–Kier alpha value is -0.240. The van der Waals surface area contributed by atoms with Crippen molar-refractivity contribution in [2.24, 2.45) is 22.7 Å². The molecular formula is C29H54O6. The van der Waals surface area contributed by atoms with E-state index >= 15 is 0 Å². The molecule has 0 aromatic carbocycles. The summed E-state index contributed by atoms with van der Waals surface area (Å²) in [7, 11) is 0. The minimum atomic E-state index is 0.120. The van der Waals surface area contributed by atoms with Crippen LogP contribution in [0.25, 0.3) is 0 Å². The van der Waals surface area contributed by atoms with E-state index in [2.05, 4.69) is 41.5 Å². The molecule has 3 fully saturated rings. The second-order valence-corrected chi connectivity index (χ2v) is 12.6. The number of ether oxygens (including phenoxy) is 6. The fraction of sp³-hybridized carbons (Fsp3) is 1.00. The summed E-state index contributed by atoms with van der Waals surface area (Å²) in [6, 6.07) is 0. The quantitative estimate of drug-likeness (QED) is 0.465. The van der Waals surface area contributed by atoms with Gasteiger partial charge < -0.3 is 28.4 Å². The van der Waals surface area contributed by atoms with Gasteiger partial charge in [-0.2, -0.15) is 0 Å². The van der Waals surface area contributed by atoms with E-state index in [0.29, 0.717) is 75.5 Å². The fourth-order valence-electron chi connectivity index (χ4n) is 5.89. The highest BCUT2D eigenvalue weighted by Crippen LogP contribution is 2.42. The summed E-state index contributed by atoms with van der Waals surface area (Å²) in [5.41, 5.74) is 0.638. The van der Waals surface area contributed by atoms with Gasteiger partial charge in [0.05, 0.1) is 77.3 Å². The lowest BCUT2D eigenvalue weighted by Crippen LogP contribution is -2.42. The van der Waals surface area contributed by atoms with Gasteiger partial charge in [0, 0.05) is 0 Å². The molecule has 3 rings (SSSR count). The third-order valence-electron chi connectivity index (χ3n) is 9.00. The summed E-state index contributed by atoms with van der Waals surface area (Å²) >= 11 is 0. The molecule has 6 unspecified atom stereocenters. The van der Waals surface area contributed by atoms with Crippen molar-refractivity contribution in [1.82, 2.24) is 0 Å². The Morgan fingerprint density at radius 3 is 1.46 bits per heavy atom. The molecule has 1 saturated heterocycles. The van der Waals surface area contributed by atoms with E-state index in [4.69, 9.17) is 28.4 Å². The van der Waals surface area contributed by atoms with Crippen LogP contribution in [0, 0.1) is 22.7 Å². The molecule has 6 atom stereocenters. The minimum absolute atomic E-state index is 0.120. The standard InChI is InChI=1S/C29H54O6/c1-22(2)29(6)11-9-25-26(10-12-29)34-19-15-31-16-20-35-27-21-23(28(3,4)5)7-8-24(27)32-17-13-30-14-18-33-25/h22-27H,7-21H2,1-6H3. The van der Waals surface area contributed by atoms with Crippen LogP contribution in [0.4, 0.5) is 0 Å². The van der Waals surface area contributed by atoms with E-state index in [1.807, 2.05) is 0 Å². The molecule has 0 bridgehead atoms. The lowest BCUT2D eigenvalue weighted by molar-refractivity contribution is -0.134. The van der Waals surface area contributed by atoms with Crippen molar-refractivity contribution in [2.75, 3.05) is 52.9 Å². The molecular weight excluding hydrogens is 444 g/mol. The summed E-state index contributed by atoms with van der Waals surface area (Å²) in [6.07, 6.45) is 8.21. The smallest absolute Gasteiger partial charge is 0.0840 e. The molecule has 35 heavy (non-hydrogen) atoms. The second-order valence-electron chi connectivity index (χ2n) is 12.6. The monoisotopic (exact) mass is 498 g/mol. The zero-order chi connectivity index (χ0) is 25.3. The van der Waals surface area contributed by atoms with Crippen molar-refractivity contribution in [2.45, 2.75) is 111 Å². The maximum atomic E-state index is 6.33. The first-order valence-corrected chi connectivity index (χ1v) is 14.3. The first-order chi connectivity index (χ1) is 16.7. The van der Waals surface area contributed by atoms with Gasteiger partial charge in [0.15, 0.2) is 0 Å². The third kappa shape index (κ3) is 9.22. The van der Waals surface area contributed by atoms with Gasteiger partial charge >= 0.3 is 0 Å². The SMILES string of the molecule is CC(C)C1(C)CCC2OCCOCCOC3CCC(C(C)(C)C)CC3OCCOCCOC2CC1. The topological polar surface area (TPSA) is 55.4 Å². The van der Waals surface area contributed by atoms with Crippen molar-refractivity contribution in [3.05, 3.63) is 0 Å². The summed E-state index contributed by atoms with van der Waals surface area (Å²) in [6.45, 7) is 18.9. The summed E-state index contributed by atoms with van der Waals surface area (Å²) in [5, 5.41) is 0. The van der Waals surface area contributed by atoms with Crippen LogP contribution >= 0.6 is 0 Å². The van der Waals surface area contributed by atoms with Crippen LogP contribution in [-0.4, -0.2) is 77.3 Å². The lowest BCUT2D eigenvalue weighted by atomic mass is 9.71. The Labute approximate surface area is 215 Å². The van der Waals surface area contributed by atoms with Crippen molar-refractivity contribution >= 4 is 0 Å². The molecule has 0 radical (unpaired) electrons. The highest BCUT2D eigenvalue weighted by atomic mass is 16.6. The molecule has 0 N–H and O–H groups in total. The normalized spacial score (nSPS) is 38.0. The van der Waals surface area contributed by atoms with Gasteiger partial charge in [0.1, 0.15) is 0 Å². The number of fused-ring (bicyclic) bond motifs is 2. The summed E-state index contributed by atoms with van der Waals surface area (Å²) in [5.74, 6) is 1.31. The van der Waals surface area contributed by atoms with E-state index < -0.39 is 0 Å². The predicted octanol–water partition coefficient (Wildman–Crippen LogP) is 5.66. The van der Waals surface area contributed by atoms with Gasteiger partial charge in [-0.1, -0.05) is 41.5 Å². The van der Waals surface area contributed by atoms with E-state index in [-0.39, 0.29) is 24.4 Å². The number of rotatable bonds is 1. The zero-order valence-electron chi connectivity index (χ0n) is 23.5. The third-order valence-corrected chi connectivity index (χ3v) is 9.00. The van der Waals surface area contributed by atoms with Gasteiger partial charge in [0.2, 0.25) is 0 Å². The fourth-order valence-corrected chi connectivity index (χ4v) is 5.89. The lowest BCUT2D eigenvalue weighted by Gasteiger charge is -2.41. The number of hydrogen-bond donors (Lipinski definition) is 0. The average Bonchev–Trinajstić information content (AvgIpc) is 2.97. The van der Waals surface area contributed by atoms with Gasteiger partial charge in [0.25, 0.3) is 0 Å². The Balaban J connectivity index is 1.53. The molecule has 206 valence electrons. The highest BCUT2D eigenvalue weighted by molar-refractivity contribution is 4.88. The van der Waals surface area contributed by atoms with Crippen LogP contribution in [0.1, 0.15) is 86.5 Å². The van der Waals surface area contributed by atoms with Crippen molar-refractivity contribution in [3.8, 4) is 0 Å². The Morgan fingerprint density at radius 1 is 0.600 bits per heavy atom. The van der Waals surface area contributed by atoms with Crippen LogP contribution in [-0.2, 0) is 28.4 Å². The van der Waals surface area contributed by atoms with Crippen LogP contribution in [0.3, 0.4) is 0 Å². The Kier molecular flexibility index (Phi) is 11.8. The van der Waals surface area contributed by atoms with E-state index in [0.717, 1.165) is 25.7 Å². The average molecular weight is 499 g/mol. The van der Waals surface area contributed by atoms with Gasteiger partial charge in [-0.15, -0.1) is 0 Å². The largest absolute Gasteiger partial charge is 0.377 e. The Morgan fingerprint density at radius 2 is 1.03 bits per heavy atom. The first kappa shape index (κ1) is 29.3. The maximum Gasteiger partial charge on any atom is 0.0840 e. The molecule has 2 saturated carbocycles. The van der Waals surface area contributed by atoms with E-state index in [1.54, 1.807) is 0 Å². The van der Waals surface area contributed by atoms with Gasteiger partial charge in [-0.3, -0.25) is 0 Å². The van der Waals surface area contributed by atoms with E-state index in [9.17, 15) is 0 Å². The minimum Gasteiger partial charge on any atom is -0.377 e. The summed E-state index contributed by atoms with van der Waals surface area (Å²) in [4.78, 5) is 0. The van der Waals surface area contributed by atoms with Crippen molar-refractivity contribution < 1.29 is 28.4 Å². The van der Waals surface area contributed by atoms with E-state index in [1.165, 1.54) is 19.3 Å². The molecule has 2 aliphatic carbocycles. The molecule has 0 spiro atoms. The number of hydrogen-bond acceptors (Lipinski definition) is 6. The molecule has 0 aromatic rings. The first-order valence-electron chi connectivity index (χ1n) is 14.3. The second kappa shape index (κ2) is 14.1. The van der Waals surface area contributed by atoms with Crippen LogP contribution in [0.15, 0.2) is 0 Å². The molecule has 1 heterocycles. The summed E-state index contributed by atoms with van der Waals surface area (Å²) < 4.78 is 37.0. The van der Waals surface area contributed by atoms with Gasteiger partial charge in [-0.25, -0.2) is 0 Å². The maximum absolute atomic E-state index is 6.33. The predicted molar refractivity (Wildman–Crippen MR) is 139 cm³/mol. The molecule has 6 heteroatoms. The molecule has 0 aromatic heterocycles. The molecule has 6 nitrogen and oxygen atoms in total. The van der Waals surface area contributed by atoms with Crippen molar-refractivity contribution in [1.29, 1.82) is 0 Å². The van der Waals surface area contributed by atoms with Crippen molar-refractivity contribution in [3.63, 3.8) is 0 Å². The molecule has 3 aliphatic rings. The van der Waals surface area contributed by atoms with Crippen LogP contribution < -0.4 is 0 Å². The highest BCUT2D eigenvalue weighted by Gasteiger charge is 2.38.